The zero-order valence-corrected chi connectivity index (χ0v) is 21.1. The van der Waals surface area contributed by atoms with Gasteiger partial charge in [0.25, 0.3) is 0 Å². The largest absolute Gasteiger partial charge is 0.494 e. The minimum atomic E-state index is 0. The van der Waals surface area contributed by atoms with Crippen molar-refractivity contribution < 1.29 is 14.3 Å². The van der Waals surface area contributed by atoms with Crippen LogP contribution in [0.5, 0.6) is 5.75 Å². The van der Waals surface area contributed by atoms with E-state index in [0.717, 1.165) is 65.2 Å². The van der Waals surface area contributed by atoms with Crippen LogP contribution >= 0.6 is 46.7 Å². The smallest absolute Gasteiger partial charge is 0.234 e. The summed E-state index contributed by atoms with van der Waals surface area (Å²) in [5.74, 6) is 0.869. The third-order valence-electron chi connectivity index (χ3n) is 5.11. The van der Waals surface area contributed by atoms with Crippen molar-refractivity contribution in [2.45, 2.75) is 19.8 Å². The SMILES string of the molecule is CCOc1ccc2nc(N(CCCN3CCOCC3)C(=O)Cc3ccc(Cl)s3)sc2c1.Cl. The van der Waals surface area contributed by atoms with E-state index in [2.05, 4.69) is 4.90 Å². The first-order chi connectivity index (χ1) is 15.1. The maximum absolute atomic E-state index is 13.2. The lowest BCUT2D eigenvalue weighted by molar-refractivity contribution is -0.118. The number of carbonyl (C=O) groups is 1. The standard InChI is InChI=1S/C22H26ClN3O3S2.ClH/c1-2-29-16-4-6-18-19(14-16)31-22(24-18)26(9-3-8-25-10-12-28-13-11-25)21(27)15-17-5-7-20(23)30-17;/h4-7,14H,2-3,8-13,15H2,1H3;1H. The van der Waals surface area contributed by atoms with Crippen LogP contribution in [0.1, 0.15) is 18.2 Å². The van der Waals surface area contributed by atoms with E-state index < -0.39 is 0 Å². The average Bonchev–Trinajstić information content (AvgIpc) is 3.37. The molecule has 32 heavy (non-hydrogen) atoms. The first-order valence-corrected chi connectivity index (χ1v) is 12.5. The number of hydrogen-bond acceptors (Lipinski definition) is 7. The monoisotopic (exact) mass is 515 g/mol. The molecule has 1 aliphatic rings. The highest BCUT2D eigenvalue weighted by molar-refractivity contribution is 7.22. The Hall–Kier alpha value is -1.42. The van der Waals surface area contributed by atoms with Gasteiger partial charge in [-0.25, -0.2) is 4.98 Å². The van der Waals surface area contributed by atoms with E-state index in [1.165, 1.54) is 22.7 Å². The number of carbonyl (C=O) groups excluding carboxylic acids is 1. The van der Waals surface area contributed by atoms with Crippen LogP contribution in [0.3, 0.4) is 0 Å². The number of ether oxygens (including phenoxy) is 2. The first-order valence-electron chi connectivity index (χ1n) is 10.5. The van der Waals surface area contributed by atoms with Gasteiger partial charge in [-0.2, -0.15) is 0 Å². The number of rotatable bonds is 9. The van der Waals surface area contributed by atoms with Crippen molar-refractivity contribution in [3.8, 4) is 5.75 Å². The fourth-order valence-corrected chi connectivity index (χ4v) is 5.68. The van der Waals surface area contributed by atoms with E-state index in [-0.39, 0.29) is 18.3 Å². The molecule has 3 heterocycles. The first kappa shape index (κ1) is 25.2. The van der Waals surface area contributed by atoms with Crippen LogP contribution in [0, 0.1) is 0 Å². The molecule has 174 valence electrons. The van der Waals surface area contributed by atoms with E-state index in [1.54, 1.807) is 0 Å². The summed E-state index contributed by atoms with van der Waals surface area (Å²) < 4.78 is 12.8. The van der Waals surface area contributed by atoms with Gasteiger partial charge in [-0.05, 0) is 43.7 Å². The van der Waals surface area contributed by atoms with E-state index in [9.17, 15) is 4.79 Å². The molecule has 1 amide bonds. The Morgan fingerprint density at radius 3 is 2.78 bits per heavy atom. The average molecular weight is 517 g/mol. The lowest BCUT2D eigenvalue weighted by Crippen LogP contribution is -2.39. The van der Waals surface area contributed by atoms with E-state index >= 15 is 0 Å². The molecule has 0 saturated carbocycles. The summed E-state index contributed by atoms with van der Waals surface area (Å²) >= 11 is 9.04. The molecule has 3 aromatic rings. The van der Waals surface area contributed by atoms with Crippen molar-refractivity contribution in [2.24, 2.45) is 0 Å². The molecule has 10 heteroatoms. The van der Waals surface area contributed by atoms with Crippen molar-refractivity contribution in [1.82, 2.24) is 9.88 Å². The van der Waals surface area contributed by atoms with Crippen LogP contribution < -0.4 is 9.64 Å². The van der Waals surface area contributed by atoms with Gasteiger partial charge in [0.2, 0.25) is 5.91 Å². The van der Waals surface area contributed by atoms with Crippen LogP contribution in [-0.2, 0) is 16.0 Å². The van der Waals surface area contributed by atoms with Gasteiger partial charge < -0.3 is 9.47 Å². The Bertz CT molecular complexity index is 1020. The fourth-order valence-electron chi connectivity index (χ4n) is 3.56. The topological polar surface area (TPSA) is 54.9 Å². The number of anilines is 1. The molecule has 4 rings (SSSR count). The summed E-state index contributed by atoms with van der Waals surface area (Å²) in [6, 6.07) is 9.63. The van der Waals surface area contributed by atoms with Gasteiger partial charge >= 0.3 is 0 Å². The Morgan fingerprint density at radius 1 is 1.25 bits per heavy atom. The van der Waals surface area contributed by atoms with Gasteiger partial charge in [0.15, 0.2) is 5.13 Å². The van der Waals surface area contributed by atoms with E-state index in [1.807, 2.05) is 42.2 Å². The number of aromatic nitrogens is 1. The molecule has 6 nitrogen and oxygen atoms in total. The molecule has 0 unspecified atom stereocenters. The molecule has 2 aromatic heterocycles. The minimum absolute atomic E-state index is 0. The summed E-state index contributed by atoms with van der Waals surface area (Å²) in [6.45, 7) is 7.61. The number of amides is 1. The molecule has 0 spiro atoms. The number of benzene rings is 1. The molecule has 1 aliphatic heterocycles. The van der Waals surface area contributed by atoms with Crippen LogP contribution in [0.4, 0.5) is 5.13 Å². The van der Waals surface area contributed by atoms with E-state index in [0.29, 0.717) is 23.9 Å². The molecule has 1 saturated heterocycles. The van der Waals surface area contributed by atoms with Crippen molar-refractivity contribution >= 4 is 67.9 Å². The zero-order valence-electron chi connectivity index (χ0n) is 17.9. The predicted octanol–water partition coefficient (Wildman–Crippen LogP) is 5.13. The van der Waals surface area contributed by atoms with Crippen LogP contribution in [-0.4, -0.2) is 61.8 Å². The second-order valence-electron chi connectivity index (χ2n) is 7.29. The normalized spacial score (nSPS) is 14.3. The number of hydrogen-bond donors (Lipinski definition) is 0. The zero-order chi connectivity index (χ0) is 21.6. The molecule has 0 bridgehead atoms. The molecular formula is C22H27Cl2N3O3S2. The second-order valence-corrected chi connectivity index (χ2v) is 10.1. The van der Waals surface area contributed by atoms with Crippen molar-refractivity contribution in [2.75, 3.05) is 50.9 Å². The molecule has 0 radical (unpaired) electrons. The van der Waals surface area contributed by atoms with Crippen molar-refractivity contribution in [1.29, 1.82) is 0 Å². The third kappa shape index (κ3) is 6.56. The second kappa shape index (κ2) is 12.2. The van der Waals surface area contributed by atoms with Crippen LogP contribution in [0.2, 0.25) is 4.34 Å². The highest BCUT2D eigenvalue weighted by Gasteiger charge is 2.21. The summed E-state index contributed by atoms with van der Waals surface area (Å²) in [6.07, 6.45) is 1.21. The number of thiazole rings is 1. The number of halogens is 2. The Kier molecular flexibility index (Phi) is 9.58. The minimum Gasteiger partial charge on any atom is -0.494 e. The maximum atomic E-state index is 13.2. The quantitative estimate of drug-likeness (QED) is 0.395. The fraction of sp³-hybridized carbons (Fsp3) is 0.455. The summed E-state index contributed by atoms with van der Waals surface area (Å²) in [5, 5.41) is 0.735. The summed E-state index contributed by atoms with van der Waals surface area (Å²) in [4.78, 5) is 23.2. The Balaban J connectivity index is 0.00000289. The lowest BCUT2D eigenvalue weighted by Gasteiger charge is -2.27. The van der Waals surface area contributed by atoms with Crippen molar-refractivity contribution in [3.63, 3.8) is 0 Å². The number of thiophene rings is 1. The Morgan fingerprint density at radius 2 is 2.06 bits per heavy atom. The predicted molar refractivity (Wildman–Crippen MR) is 135 cm³/mol. The van der Waals surface area contributed by atoms with Gasteiger partial charge in [0.1, 0.15) is 5.75 Å². The molecule has 1 aromatic carbocycles. The molecule has 0 aliphatic carbocycles. The highest BCUT2D eigenvalue weighted by Crippen LogP contribution is 2.32. The molecule has 1 fully saturated rings. The van der Waals surface area contributed by atoms with Crippen LogP contribution in [0.25, 0.3) is 10.2 Å². The van der Waals surface area contributed by atoms with E-state index in [4.69, 9.17) is 26.1 Å². The highest BCUT2D eigenvalue weighted by atomic mass is 35.5. The van der Waals surface area contributed by atoms with Gasteiger partial charge in [-0.3, -0.25) is 14.6 Å². The van der Waals surface area contributed by atoms with Crippen molar-refractivity contribution in [3.05, 3.63) is 39.5 Å². The third-order valence-corrected chi connectivity index (χ3v) is 7.38. The lowest BCUT2D eigenvalue weighted by atomic mass is 10.3. The van der Waals surface area contributed by atoms with Gasteiger partial charge in [0.05, 0.1) is 40.8 Å². The summed E-state index contributed by atoms with van der Waals surface area (Å²) in [5.41, 5.74) is 0.883. The molecule has 0 N–H and O–H groups in total. The van der Waals surface area contributed by atoms with Gasteiger partial charge in [-0.15, -0.1) is 23.7 Å². The number of nitrogens with zero attached hydrogens (tertiary/aromatic N) is 3. The summed E-state index contributed by atoms with van der Waals surface area (Å²) in [7, 11) is 0. The van der Waals surface area contributed by atoms with Gasteiger partial charge in [-0.1, -0.05) is 22.9 Å². The molecular weight excluding hydrogens is 489 g/mol. The number of morpholine rings is 1. The number of fused-ring (bicyclic) bond motifs is 1. The van der Waals surface area contributed by atoms with Gasteiger partial charge in [0, 0.05) is 31.1 Å². The Labute approximate surface area is 207 Å². The molecule has 0 atom stereocenters. The van der Waals surface area contributed by atoms with Crippen LogP contribution in [0.15, 0.2) is 30.3 Å². The maximum Gasteiger partial charge on any atom is 0.234 e.